The lowest BCUT2D eigenvalue weighted by atomic mass is 10.1. The Bertz CT molecular complexity index is 987. The number of amides is 1. The zero-order chi connectivity index (χ0) is 19.8. The van der Waals surface area contributed by atoms with Gasteiger partial charge in [-0.05, 0) is 56.9 Å². The highest BCUT2D eigenvalue weighted by molar-refractivity contribution is 7.89. The van der Waals surface area contributed by atoms with Crippen LogP contribution in [0.3, 0.4) is 0 Å². The standard InChI is InChI=1S/C19H23N3O4S/c1-11-17(13(3)23)12(2)21-18(11)19(24)20-10-14-4-8-16(9-5-14)27(25,26)22-15-6-7-15/h4-5,8-9,15,21-22H,6-7,10H2,1-3H3,(H,20,24). The van der Waals surface area contributed by atoms with Crippen molar-refractivity contribution in [3.8, 4) is 0 Å². The fraction of sp³-hybridized carbons (Fsp3) is 0.368. The smallest absolute Gasteiger partial charge is 0.268 e. The molecule has 1 amide bonds. The van der Waals surface area contributed by atoms with Crippen molar-refractivity contribution >= 4 is 21.7 Å². The number of hydrogen-bond acceptors (Lipinski definition) is 4. The van der Waals surface area contributed by atoms with E-state index in [1.807, 2.05) is 0 Å². The van der Waals surface area contributed by atoms with Crippen molar-refractivity contribution in [2.45, 2.75) is 51.1 Å². The SMILES string of the molecule is CC(=O)c1c(C)[nH]c(C(=O)NCc2ccc(S(=O)(=O)NC3CC3)cc2)c1C. The Hall–Kier alpha value is -2.45. The zero-order valence-corrected chi connectivity index (χ0v) is 16.4. The number of aryl methyl sites for hydroxylation is 1. The normalized spacial score (nSPS) is 14.2. The topological polar surface area (TPSA) is 108 Å². The van der Waals surface area contributed by atoms with Gasteiger partial charge in [0.2, 0.25) is 10.0 Å². The first-order valence-electron chi connectivity index (χ1n) is 8.78. The summed E-state index contributed by atoms with van der Waals surface area (Å²) < 4.78 is 26.9. The Morgan fingerprint density at radius 3 is 2.30 bits per heavy atom. The van der Waals surface area contributed by atoms with Gasteiger partial charge in [0.25, 0.3) is 5.91 Å². The van der Waals surface area contributed by atoms with Gasteiger partial charge in [-0.2, -0.15) is 0 Å². The molecule has 0 bridgehead atoms. The van der Waals surface area contributed by atoms with Gasteiger partial charge in [0.05, 0.1) is 4.90 Å². The van der Waals surface area contributed by atoms with Gasteiger partial charge < -0.3 is 10.3 Å². The van der Waals surface area contributed by atoms with E-state index in [0.717, 1.165) is 18.4 Å². The molecule has 1 fully saturated rings. The number of H-pyrrole nitrogens is 1. The molecule has 0 spiro atoms. The summed E-state index contributed by atoms with van der Waals surface area (Å²) in [5.74, 6) is -0.396. The zero-order valence-electron chi connectivity index (χ0n) is 15.5. The van der Waals surface area contributed by atoms with E-state index in [4.69, 9.17) is 0 Å². The summed E-state index contributed by atoms with van der Waals surface area (Å²) in [6.45, 7) is 5.22. The Labute approximate surface area is 158 Å². The van der Waals surface area contributed by atoms with E-state index in [1.54, 1.807) is 26.0 Å². The van der Waals surface area contributed by atoms with Crippen molar-refractivity contribution in [1.29, 1.82) is 0 Å². The summed E-state index contributed by atoms with van der Waals surface area (Å²) in [5, 5.41) is 2.79. The van der Waals surface area contributed by atoms with Crippen molar-refractivity contribution in [2.24, 2.45) is 0 Å². The first-order valence-corrected chi connectivity index (χ1v) is 10.3. The van der Waals surface area contributed by atoms with E-state index in [0.29, 0.717) is 22.5 Å². The molecule has 1 saturated carbocycles. The molecule has 27 heavy (non-hydrogen) atoms. The van der Waals surface area contributed by atoms with Crippen LogP contribution < -0.4 is 10.0 Å². The molecule has 0 atom stereocenters. The van der Waals surface area contributed by atoms with Gasteiger partial charge in [0.15, 0.2) is 5.78 Å². The van der Waals surface area contributed by atoms with Gasteiger partial charge in [-0.3, -0.25) is 9.59 Å². The minimum atomic E-state index is -3.48. The van der Waals surface area contributed by atoms with Crippen molar-refractivity contribution in [2.75, 3.05) is 0 Å². The van der Waals surface area contributed by atoms with Crippen molar-refractivity contribution in [1.82, 2.24) is 15.0 Å². The van der Waals surface area contributed by atoms with Crippen molar-refractivity contribution in [3.05, 3.63) is 52.3 Å². The van der Waals surface area contributed by atoms with Crippen LogP contribution in [0.1, 0.15) is 57.4 Å². The quantitative estimate of drug-likeness (QED) is 0.631. The summed E-state index contributed by atoms with van der Waals surface area (Å²) in [4.78, 5) is 27.3. The molecule has 144 valence electrons. The molecule has 1 heterocycles. The van der Waals surface area contributed by atoms with Gasteiger partial charge in [-0.15, -0.1) is 0 Å². The minimum Gasteiger partial charge on any atom is -0.354 e. The molecular formula is C19H23N3O4S. The van der Waals surface area contributed by atoms with E-state index < -0.39 is 10.0 Å². The number of aromatic nitrogens is 1. The Balaban J connectivity index is 1.66. The molecule has 1 aromatic heterocycles. The van der Waals surface area contributed by atoms with Gasteiger partial charge in [0.1, 0.15) is 5.69 Å². The third-order valence-corrected chi connectivity index (χ3v) is 6.14. The van der Waals surface area contributed by atoms with Gasteiger partial charge >= 0.3 is 0 Å². The molecule has 7 nitrogen and oxygen atoms in total. The summed E-state index contributed by atoms with van der Waals surface area (Å²) in [6.07, 6.45) is 1.76. The van der Waals surface area contributed by atoms with Gasteiger partial charge in [-0.25, -0.2) is 13.1 Å². The van der Waals surface area contributed by atoms with Crippen LogP contribution in [0, 0.1) is 13.8 Å². The molecule has 3 rings (SSSR count). The summed E-state index contributed by atoms with van der Waals surface area (Å²) >= 11 is 0. The first kappa shape index (κ1) is 19.3. The predicted octanol–water partition coefficient (Wildman–Crippen LogP) is 2.20. The van der Waals surface area contributed by atoms with Crippen molar-refractivity contribution in [3.63, 3.8) is 0 Å². The molecular weight excluding hydrogens is 366 g/mol. The highest BCUT2D eigenvalue weighted by atomic mass is 32.2. The lowest BCUT2D eigenvalue weighted by Gasteiger charge is -2.08. The highest BCUT2D eigenvalue weighted by Crippen LogP contribution is 2.22. The van der Waals surface area contributed by atoms with Crippen LogP contribution >= 0.6 is 0 Å². The third-order valence-electron chi connectivity index (χ3n) is 4.60. The van der Waals surface area contributed by atoms with Crippen LogP contribution in [-0.4, -0.2) is 31.1 Å². The molecule has 1 aliphatic rings. The monoisotopic (exact) mass is 389 g/mol. The number of ketones is 1. The highest BCUT2D eigenvalue weighted by Gasteiger charge is 2.27. The number of carbonyl (C=O) groups excluding carboxylic acids is 2. The summed E-state index contributed by atoms with van der Waals surface area (Å²) in [5.41, 5.74) is 2.98. The average Bonchev–Trinajstić information content (AvgIpc) is 3.35. The molecule has 8 heteroatoms. The largest absolute Gasteiger partial charge is 0.354 e. The maximum Gasteiger partial charge on any atom is 0.268 e. The molecule has 0 unspecified atom stereocenters. The van der Waals surface area contributed by atoms with E-state index >= 15 is 0 Å². The molecule has 2 aromatic rings. The van der Waals surface area contributed by atoms with Gasteiger partial charge in [0, 0.05) is 23.8 Å². The summed E-state index contributed by atoms with van der Waals surface area (Å²) in [7, 11) is -3.48. The molecule has 0 radical (unpaired) electrons. The average molecular weight is 389 g/mol. The second-order valence-electron chi connectivity index (χ2n) is 6.90. The van der Waals surface area contributed by atoms with E-state index in [2.05, 4.69) is 15.0 Å². The van der Waals surface area contributed by atoms with Crippen LogP contribution in [0.4, 0.5) is 0 Å². The van der Waals surface area contributed by atoms with Crippen molar-refractivity contribution < 1.29 is 18.0 Å². The van der Waals surface area contributed by atoms with Crippen LogP contribution in [-0.2, 0) is 16.6 Å². The number of hydrogen-bond donors (Lipinski definition) is 3. The number of carbonyl (C=O) groups is 2. The number of sulfonamides is 1. The Morgan fingerprint density at radius 1 is 1.15 bits per heavy atom. The molecule has 3 N–H and O–H groups in total. The number of nitrogens with one attached hydrogen (secondary N) is 3. The fourth-order valence-corrected chi connectivity index (χ4v) is 4.36. The maximum atomic E-state index is 12.4. The van der Waals surface area contributed by atoms with Crippen LogP contribution in [0.5, 0.6) is 0 Å². The predicted molar refractivity (Wildman–Crippen MR) is 101 cm³/mol. The number of rotatable bonds is 7. The lowest BCUT2D eigenvalue weighted by Crippen LogP contribution is -2.26. The number of Topliss-reactive ketones (excluding diaryl/α,β-unsaturated/α-hetero) is 1. The first-order chi connectivity index (χ1) is 12.7. The second kappa shape index (κ2) is 7.28. The van der Waals surface area contributed by atoms with E-state index in [1.165, 1.54) is 19.1 Å². The van der Waals surface area contributed by atoms with Crippen LogP contribution in [0.15, 0.2) is 29.2 Å². The van der Waals surface area contributed by atoms with Gasteiger partial charge in [-0.1, -0.05) is 12.1 Å². The van der Waals surface area contributed by atoms with Crippen LogP contribution in [0.25, 0.3) is 0 Å². The van der Waals surface area contributed by atoms with E-state index in [-0.39, 0.29) is 29.2 Å². The minimum absolute atomic E-state index is 0.0568. The molecule has 0 saturated heterocycles. The maximum absolute atomic E-state index is 12.4. The summed E-state index contributed by atoms with van der Waals surface area (Å²) in [6, 6.07) is 6.47. The number of benzene rings is 1. The Morgan fingerprint density at radius 2 is 1.78 bits per heavy atom. The number of aromatic amines is 1. The molecule has 0 aliphatic heterocycles. The van der Waals surface area contributed by atoms with Crippen LogP contribution in [0.2, 0.25) is 0 Å². The third kappa shape index (κ3) is 4.28. The Kier molecular flexibility index (Phi) is 5.21. The molecule has 1 aromatic carbocycles. The fourth-order valence-electron chi connectivity index (χ4n) is 3.05. The molecule has 1 aliphatic carbocycles. The lowest BCUT2D eigenvalue weighted by molar-refractivity contribution is 0.0945. The van der Waals surface area contributed by atoms with E-state index in [9.17, 15) is 18.0 Å². The second-order valence-corrected chi connectivity index (χ2v) is 8.62.